The fourth-order valence-electron chi connectivity index (χ4n) is 1.57. The van der Waals surface area contributed by atoms with E-state index in [1.165, 1.54) is 6.07 Å². The maximum Gasteiger partial charge on any atom is 0.293 e. The number of halogens is 3. The summed E-state index contributed by atoms with van der Waals surface area (Å²) in [6, 6.07) is 2.32. The maximum atomic E-state index is 13.1. The summed E-state index contributed by atoms with van der Waals surface area (Å²) in [5.74, 6) is -0.495. The highest BCUT2D eigenvalue weighted by Gasteiger charge is 2.18. The lowest BCUT2D eigenvalue weighted by atomic mass is 10.3. The van der Waals surface area contributed by atoms with Gasteiger partial charge in [0.15, 0.2) is 5.89 Å². The molecule has 0 aliphatic rings. The molecule has 0 radical (unpaired) electrons. The number of amides is 1. The van der Waals surface area contributed by atoms with Gasteiger partial charge in [-0.25, -0.2) is 9.37 Å². The maximum absolute atomic E-state index is 13.1. The molecule has 19 heavy (non-hydrogen) atoms. The number of hydrogen-bond donors (Lipinski definition) is 1. The summed E-state index contributed by atoms with van der Waals surface area (Å²) in [6.45, 7) is 3.30. The quantitative estimate of drug-likeness (QED) is 0.890. The molecule has 2 rings (SSSR count). The first-order valence-corrected chi connectivity index (χ1v) is 6.45. The summed E-state index contributed by atoms with van der Waals surface area (Å²) < 4.78 is 18.6. The number of oxazole rings is 1. The molecule has 0 bridgehead atoms. The number of nitrogens with zero attached hydrogens (tertiary/aromatic N) is 1. The van der Waals surface area contributed by atoms with Crippen molar-refractivity contribution < 1.29 is 13.6 Å². The lowest BCUT2D eigenvalue weighted by Gasteiger charge is -2.08. The summed E-state index contributed by atoms with van der Waals surface area (Å²) in [7, 11) is 0. The van der Waals surface area contributed by atoms with Crippen LogP contribution < -0.4 is 5.32 Å². The van der Waals surface area contributed by atoms with Gasteiger partial charge in [-0.3, -0.25) is 4.79 Å². The third-order valence-electron chi connectivity index (χ3n) is 2.36. The zero-order valence-corrected chi connectivity index (χ0v) is 12.4. The Kier molecular flexibility index (Phi) is 3.91. The van der Waals surface area contributed by atoms with Gasteiger partial charge >= 0.3 is 0 Å². The summed E-state index contributed by atoms with van der Waals surface area (Å²) in [5, 5.41) is 2.65. The predicted molar refractivity (Wildman–Crippen MR) is 73.0 cm³/mol. The average molecular weight is 348 g/mol. The second-order valence-electron chi connectivity index (χ2n) is 3.85. The van der Waals surface area contributed by atoms with Crippen molar-refractivity contribution in [2.75, 3.05) is 5.32 Å². The van der Waals surface area contributed by atoms with Gasteiger partial charge < -0.3 is 9.73 Å². The minimum Gasteiger partial charge on any atom is -0.436 e. The summed E-state index contributed by atoms with van der Waals surface area (Å²) in [4.78, 5) is 16.0. The van der Waals surface area contributed by atoms with Crippen LogP contribution in [0.1, 0.15) is 22.1 Å². The zero-order valence-electron chi connectivity index (χ0n) is 10.1. The van der Waals surface area contributed by atoms with Crippen LogP contribution in [0.25, 0.3) is 0 Å². The highest BCUT2D eigenvalue weighted by atomic mass is 79.9. The van der Waals surface area contributed by atoms with Crippen LogP contribution in [0.5, 0.6) is 0 Å². The first kappa shape index (κ1) is 14.0. The average Bonchev–Trinajstić information content (AvgIpc) is 2.62. The predicted octanol–water partition coefficient (Wildman–Crippen LogP) is 4.10. The van der Waals surface area contributed by atoms with Gasteiger partial charge in [0.2, 0.25) is 5.76 Å². The van der Waals surface area contributed by atoms with Crippen molar-refractivity contribution in [2.24, 2.45) is 0 Å². The summed E-state index contributed by atoms with van der Waals surface area (Å²) in [6.07, 6.45) is 0. The second-order valence-corrected chi connectivity index (χ2v) is 5.11. The molecule has 1 amide bonds. The summed E-state index contributed by atoms with van der Waals surface area (Å²) >= 11 is 9.02. The fourth-order valence-corrected chi connectivity index (χ4v) is 2.47. The third kappa shape index (κ3) is 2.96. The number of hydrogen-bond acceptors (Lipinski definition) is 3. The molecule has 1 aromatic carbocycles. The molecule has 0 saturated carbocycles. The molecule has 0 saturated heterocycles. The molecule has 1 aromatic heterocycles. The van der Waals surface area contributed by atoms with Crippen LogP contribution in [-0.4, -0.2) is 10.9 Å². The molecule has 2 aromatic rings. The molecule has 0 aliphatic heterocycles. The van der Waals surface area contributed by atoms with Crippen LogP contribution in [0.15, 0.2) is 21.0 Å². The molecule has 0 aliphatic carbocycles. The van der Waals surface area contributed by atoms with Crippen molar-refractivity contribution >= 4 is 39.1 Å². The normalized spacial score (nSPS) is 10.6. The van der Waals surface area contributed by atoms with Crippen LogP contribution in [-0.2, 0) is 0 Å². The monoisotopic (exact) mass is 346 g/mol. The van der Waals surface area contributed by atoms with Crippen LogP contribution >= 0.6 is 27.5 Å². The lowest BCUT2D eigenvalue weighted by Crippen LogP contribution is -2.13. The van der Waals surface area contributed by atoms with E-state index in [0.717, 1.165) is 6.07 Å². The van der Waals surface area contributed by atoms with Crippen molar-refractivity contribution in [1.82, 2.24) is 4.98 Å². The zero-order chi connectivity index (χ0) is 14.2. The Hall–Kier alpha value is -1.40. The van der Waals surface area contributed by atoms with Gasteiger partial charge in [0.25, 0.3) is 5.91 Å². The Labute approximate surface area is 122 Å². The van der Waals surface area contributed by atoms with Gasteiger partial charge in [0.1, 0.15) is 5.82 Å². The first-order chi connectivity index (χ1) is 8.88. The van der Waals surface area contributed by atoms with Crippen LogP contribution in [0.2, 0.25) is 5.02 Å². The number of aryl methyl sites for hydroxylation is 2. The Bertz CT molecular complexity index is 634. The van der Waals surface area contributed by atoms with E-state index in [2.05, 4.69) is 26.2 Å². The van der Waals surface area contributed by atoms with Crippen molar-refractivity contribution in [2.45, 2.75) is 13.8 Å². The molecule has 0 spiro atoms. The van der Waals surface area contributed by atoms with Crippen molar-refractivity contribution in [3.8, 4) is 0 Å². The topological polar surface area (TPSA) is 55.1 Å². The highest BCUT2D eigenvalue weighted by molar-refractivity contribution is 9.10. The smallest absolute Gasteiger partial charge is 0.293 e. The number of nitrogens with one attached hydrogen (secondary N) is 1. The minimum atomic E-state index is -0.499. The van der Waals surface area contributed by atoms with E-state index in [4.69, 9.17) is 16.0 Å². The first-order valence-electron chi connectivity index (χ1n) is 5.28. The van der Waals surface area contributed by atoms with Gasteiger partial charge in [-0.2, -0.15) is 0 Å². The molecule has 100 valence electrons. The number of benzene rings is 1. The van der Waals surface area contributed by atoms with Crippen LogP contribution in [0.3, 0.4) is 0 Å². The molecule has 4 nitrogen and oxygen atoms in total. The summed E-state index contributed by atoms with van der Waals surface area (Å²) in [5.41, 5.74) is 0.755. The number of aromatic nitrogens is 1. The van der Waals surface area contributed by atoms with E-state index in [1.807, 2.05) is 0 Å². The van der Waals surface area contributed by atoms with E-state index in [1.54, 1.807) is 13.8 Å². The number of rotatable bonds is 2. The standard InChI is InChI=1S/C12H9BrClFN2O2/c1-5-11(19-6(2)16-5)12(18)17-10-8(13)3-7(15)4-9(10)14/h3-4H,1-2H3,(H,17,18). The van der Waals surface area contributed by atoms with Crippen LogP contribution in [0.4, 0.5) is 10.1 Å². The van der Waals surface area contributed by atoms with Gasteiger partial charge in [-0.1, -0.05) is 11.6 Å². The Morgan fingerprint density at radius 3 is 2.68 bits per heavy atom. The Balaban J connectivity index is 2.32. The molecule has 0 atom stereocenters. The van der Waals surface area contributed by atoms with E-state index in [-0.39, 0.29) is 16.5 Å². The Morgan fingerprint density at radius 1 is 1.47 bits per heavy atom. The van der Waals surface area contributed by atoms with Gasteiger partial charge in [-0.15, -0.1) is 0 Å². The number of carbonyl (C=O) groups is 1. The minimum absolute atomic E-state index is 0.0918. The second kappa shape index (κ2) is 5.30. The number of carbonyl (C=O) groups excluding carboxylic acids is 1. The van der Waals surface area contributed by atoms with Gasteiger partial charge in [0, 0.05) is 11.4 Å². The van der Waals surface area contributed by atoms with E-state index in [9.17, 15) is 9.18 Å². The van der Waals surface area contributed by atoms with E-state index in [0.29, 0.717) is 16.1 Å². The molecule has 0 unspecified atom stereocenters. The molecule has 1 N–H and O–H groups in total. The third-order valence-corrected chi connectivity index (χ3v) is 3.28. The number of anilines is 1. The lowest BCUT2D eigenvalue weighted by molar-refractivity contribution is 0.0994. The van der Waals surface area contributed by atoms with E-state index >= 15 is 0 Å². The van der Waals surface area contributed by atoms with Crippen molar-refractivity contribution in [3.63, 3.8) is 0 Å². The van der Waals surface area contributed by atoms with E-state index < -0.39 is 11.7 Å². The van der Waals surface area contributed by atoms with Gasteiger partial charge in [0.05, 0.1) is 16.4 Å². The van der Waals surface area contributed by atoms with Crippen molar-refractivity contribution in [1.29, 1.82) is 0 Å². The van der Waals surface area contributed by atoms with Gasteiger partial charge in [-0.05, 0) is 35.0 Å². The molecule has 7 heteroatoms. The van der Waals surface area contributed by atoms with Crippen molar-refractivity contribution in [3.05, 3.63) is 44.8 Å². The molecular weight excluding hydrogens is 338 g/mol. The fraction of sp³-hybridized carbons (Fsp3) is 0.167. The molecular formula is C12H9BrClFN2O2. The molecule has 0 fully saturated rings. The molecule has 1 heterocycles. The SMILES string of the molecule is Cc1nc(C)c(C(=O)Nc2c(Cl)cc(F)cc2Br)o1. The highest BCUT2D eigenvalue weighted by Crippen LogP contribution is 2.32. The largest absolute Gasteiger partial charge is 0.436 e. The van der Waals surface area contributed by atoms with Crippen LogP contribution in [0, 0.1) is 19.7 Å². The Morgan fingerprint density at radius 2 is 2.16 bits per heavy atom.